The third-order valence-electron chi connectivity index (χ3n) is 5.18. The monoisotopic (exact) mass is 411 g/mol. The third-order valence-corrected chi connectivity index (χ3v) is 5.42. The molecule has 0 saturated carbocycles. The number of methoxy groups -OCH3 is 2. The van der Waals surface area contributed by atoms with E-state index in [4.69, 9.17) is 25.8 Å². The summed E-state index contributed by atoms with van der Waals surface area (Å²) >= 11 is 6.20. The molecule has 29 heavy (non-hydrogen) atoms. The second-order valence-electron chi connectivity index (χ2n) is 6.83. The average Bonchev–Trinajstić information content (AvgIpc) is 2.77. The summed E-state index contributed by atoms with van der Waals surface area (Å²) in [7, 11) is 3.20. The lowest BCUT2D eigenvalue weighted by atomic mass is 9.92. The van der Waals surface area contributed by atoms with Crippen molar-refractivity contribution in [3.8, 4) is 22.6 Å². The fraction of sp³-hybridized carbons (Fsp3) is 0.261. The zero-order chi connectivity index (χ0) is 20.4. The lowest BCUT2D eigenvalue weighted by Gasteiger charge is -2.28. The topological polar surface area (TPSA) is 48.0 Å². The fourth-order valence-corrected chi connectivity index (χ4v) is 3.90. The van der Waals surface area contributed by atoms with Crippen LogP contribution in [0.3, 0.4) is 0 Å². The second-order valence-corrected chi connectivity index (χ2v) is 7.26. The predicted octanol–water partition coefficient (Wildman–Crippen LogP) is 4.65. The first-order valence-electron chi connectivity index (χ1n) is 9.44. The molecule has 1 amide bonds. The molecular weight excluding hydrogens is 390 g/mol. The Bertz CT molecular complexity index is 1060. The van der Waals surface area contributed by atoms with Crippen LogP contribution in [0.1, 0.15) is 10.4 Å². The Kier molecular flexibility index (Phi) is 5.60. The van der Waals surface area contributed by atoms with Gasteiger partial charge in [0.15, 0.2) is 11.5 Å². The zero-order valence-corrected chi connectivity index (χ0v) is 17.2. The van der Waals surface area contributed by atoms with Gasteiger partial charge >= 0.3 is 0 Å². The number of nitrogens with zero attached hydrogens (tertiary/aromatic N) is 1. The van der Waals surface area contributed by atoms with Crippen molar-refractivity contribution in [1.82, 2.24) is 4.90 Å². The summed E-state index contributed by atoms with van der Waals surface area (Å²) in [5, 5.41) is 2.59. The van der Waals surface area contributed by atoms with E-state index in [1.165, 1.54) is 0 Å². The molecule has 0 N–H and O–H groups in total. The van der Waals surface area contributed by atoms with Gasteiger partial charge < -0.3 is 19.1 Å². The molecule has 0 atom stereocenters. The Morgan fingerprint density at radius 1 is 0.966 bits per heavy atom. The van der Waals surface area contributed by atoms with Crippen molar-refractivity contribution in [2.24, 2.45) is 0 Å². The number of hydrogen-bond acceptors (Lipinski definition) is 4. The number of fused-ring (bicyclic) bond motifs is 1. The number of halogens is 1. The van der Waals surface area contributed by atoms with Crippen molar-refractivity contribution < 1.29 is 19.0 Å². The van der Waals surface area contributed by atoms with E-state index < -0.39 is 0 Å². The first kappa shape index (κ1) is 19.6. The molecule has 0 radical (unpaired) electrons. The highest BCUT2D eigenvalue weighted by atomic mass is 35.5. The van der Waals surface area contributed by atoms with Gasteiger partial charge in [0.25, 0.3) is 5.91 Å². The fourth-order valence-electron chi connectivity index (χ4n) is 3.72. The highest BCUT2D eigenvalue weighted by Crippen LogP contribution is 2.38. The van der Waals surface area contributed by atoms with Crippen LogP contribution in [0.4, 0.5) is 0 Å². The van der Waals surface area contributed by atoms with E-state index in [0.717, 1.165) is 21.9 Å². The van der Waals surface area contributed by atoms with Gasteiger partial charge in [-0.1, -0.05) is 29.8 Å². The number of amides is 1. The molecule has 0 aromatic heterocycles. The quantitative estimate of drug-likeness (QED) is 0.627. The molecule has 1 aliphatic heterocycles. The van der Waals surface area contributed by atoms with Gasteiger partial charge in [-0.15, -0.1) is 0 Å². The molecular formula is C23H22ClNO4. The van der Waals surface area contributed by atoms with Gasteiger partial charge in [0.05, 0.1) is 27.4 Å². The van der Waals surface area contributed by atoms with Crippen LogP contribution >= 0.6 is 11.6 Å². The molecule has 0 bridgehead atoms. The van der Waals surface area contributed by atoms with Gasteiger partial charge in [-0.3, -0.25) is 4.79 Å². The maximum Gasteiger partial charge on any atom is 0.254 e. The van der Waals surface area contributed by atoms with Crippen molar-refractivity contribution in [1.29, 1.82) is 0 Å². The van der Waals surface area contributed by atoms with Crippen LogP contribution < -0.4 is 9.47 Å². The van der Waals surface area contributed by atoms with E-state index in [1.807, 2.05) is 53.4 Å². The molecule has 1 fully saturated rings. The Balaban J connectivity index is 1.93. The molecule has 0 aliphatic carbocycles. The number of ether oxygens (including phenoxy) is 3. The van der Waals surface area contributed by atoms with E-state index in [2.05, 4.69) is 0 Å². The summed E-state index contributed by atoms with van der Waals surface area (Å²) < 4.78 is 16.3. The first-order valence-corrected chi connectivity index (χ1v) is 9.82. The van der Waals surface area contributed by atoms with Crippen LogP contribution in [-0.4, -0.2) is 51.3 Å². The first-order chi connectivity index (χ1) is 14.1. The van der Waals surface area contributed by atoms with Gasteiger partial charge in [0.2, 0.25) is 0 Å². The molecule has 0 unspecified atom stereocenters. The van der Waals surface area contributed by atoms with Crippen LogP contribution in [0.15, 0.2) is 48.5 Å². The van der Waals surface area contributed by atoms with Gasteiger partial charge in [-0.2, -0.15) is 0 Å². The van der Waals surface area contributed by atoms with Gasteiger partial charge in [0, 0.05) is 29.2 Å². The minimum atomic E-state index is -0.00469. The third kappa shape index (κ3) is 3.76. The zero-order valence-electron chi connectivity index (χ0n) is 16.4. The van der Waals surface area contributed by atoms with Gasteiger partial charge in [-0.25, -0.2) is 0 Å². The van der Waals surface area contributed by atoms with Crippen LogP contribution in [0, 0.1) is 0 Å². The predicted molar refractivity (Wildman–Crippen MR) is 114 cm³/mol. The largest absolute Gasteiger partial charge is 0.493 e. The molecule has 1 saturated heterocycles. The van der Waals surface area contributed by atoms with Crippen LogP contribution in [-0.2, 0) is 4.74 Å². The summed E-state index contributed by atoms with van der Waals surface area (Å²) in [5.41, 5.74) is 2.39. The van der Waals surface area contributed by atoms with E-state index in [1.54, 1.807) is 14.2 Å². The Morgan fingerprint density at radius 2 is 1.72 bits per heavy atom. The number of hydrogen-bond donors (Lipinski definition) is 0. The number of rotatable bonds is 4. The van der Waals surface area contributed by atoms with Crippen molar-refractivity contribution >= 4 is 28.3 Å². The maximum absolute atomic E-state index is 13.4. The summed E-state index contributed by atoms with van der Waals surface area (Å²) in [6, 6.07) is 15.2. The van der Waals surface area contributed by atoms with Crippen molar-refractivity contribution in [2.75, 3.05) is 40.5 Å². The molecule has 150 valence electrons. The smallest absolute Gasteiger partial charge is 0.254 e. The maximum atomic E-state index is 13.4. The highest BCUT2D eigenvalue weighted by Gasteiger charge is 2.23. The van der Waals surface area contributed by atoms with Gasteiger partial charge in [0.1, 0.15) is 0 Å². The molecule has 6 heteroatoms. The molecule has 1 aliphatic rings. The Morgan fingerprint density at radius 3 is 2.45 bits per heavy atom. The minimum absolute atomic E-state index is 0.00469. The van der Waals surface area contributed by atoms with Crippen molar-refractivity contribution in [3.63, 3.8) is 0 Å². The van der Waals surface area contributed by atoms with E-state index in [0.29, 0.717) is 48.4 Å². The molecule has 0 spiro atoms. The lowest BCUT2D eigenvalue weighted by Crippen LogP contribution is -2.40. The molecule has 5 nitrogen and oxygen atoms in total. The highest BCUT2D eigenvalue weighted by molar-refractivity contribution is 6.31. The summed E-state index contributed by atoms with van der Waals surface area (Å²) in [6.07, 6.45) is 0. The Hall–Kier alpha value is -2.76. The number of morpholine rings is 1. The molecule has 4 rings (SSSR count). The summed E-state index contributed by atoms with van der Waals surface area (Å²) in [4.78, 5) is 15.2. The summed E-state index contributed by atoms with van der Waals surface area (Å²) in [6.45, 7) is 2.28. The van der Waals surface area contributed by atoms with Crippen LogP contribution in [0.25, 0.3) is 21.9 Å². The lowest BCUT2D eigenvalue weighted by molar-refractivity contribution is 0.0303. The normalized spacial score (nSPS) is 14.1. The minimum Gasteiger partial charge on any atom is -0.493 e. The molecule has 3 aromatic rings. The van der Waals surface area contributed by atoms with Gasteiger partial charge in [-0.05, 0) is 46.7 Å². The number of carbonyl (C=O) groups is 1. The summed E-state index contributed by atoms with van der Waals surface area (Å²) in [5.74, 6) is 1.25. The van der Waals surface area contributed by atoms with E-state index in [-0.39, 0.29) is 5.91 Å². The Labute approximate surface area is 174 Å². The number of benzene rings is 3. The second kappa shape index (κ2) is 8.31. The van der Waals surface area contributed by atoms with Crippen LogP contribution in [0.5, 0.6) is 11.5 Å². The number of carbonyl (C=O) groups excluding carboxylic acids is 1. The van der Waals surface area contributed by atoms with E-state index >= 15 is 0 Å². The van der Waals surface area contributed by atoms with Crippen LogP contribution in [0.2, 0.25) is 5.02 Å². The standard InChI is InChI=1S/C23H22ClNO4/c1-27-20-8-4-16(14-21(20)28-2)22-18-7-5-17(24)13-15(18)3-6-19(22)23(26)25-9-11-29-12-10-25/h3-8,13-14H,9-12H2,1-2H3. The molecule has 1 heterocycles. The SMILES string of the molecule is COc1ccc(-c2c(C(=O)N3CCOCC3)ccc3cc(Cl)ccc23)cc1OC. The van der Waals surface area contributed by atoms with Crippen molar-refractivity contribution in [3.05, 3.63) is 59.1 Å². The molecule has 3 aromatic carbocycles. The average molecular weight is 412 g/mol. The van der Waals surface area contributed by atoms with E-state index in [9.17, 15) is 4.79 Å². The van der Waals surface area contributed by atoms with Crippen molar-refractivity contribution in [2.45, 2.75) is 0 Å².